The minimum atomic E-state index is -0.0403. The van der Waals surface area contributed by atoms with Gasteiger partial charge in [0.1, 0.15) is 0 Å². The lowest BCUT2D eigenvalue weighted by atomic mass is 9.95. The molecule has 1 saturated heterocycles. The Labute approximate surface area is 128 Å². The number of nitrogens with zero attached hydrogens (tertiary/aromatic N) is 2. The molecule has 0 aliphatic carbocycles. The van der Waals surface area contributed by atoms with Gasteiger partial charge in [-0.15, -0.1) is 0 Å². The molecule has 1 amide bonds. The first-order valence-corrected chi connectivity index (χ1v) is 8.03. The highest BCUT2D eigenvalue weighted by atomic mass is 16.2. The fourth-order valence-corrected chi connectivity index (χ4v) is 2.86. The third kappa shape index (κ3) is 4.31. The molecule has 0 aromatic heterocycles. The van der Waals surface area contributed by atoms with Crippen LogP contribution in [0.5, 0.6) is 0 Å². The molecule has 0 spiro atoms. The minimum Gasteiger partial charge on any atom is -0.340 e. The lowest BCUT2D eigenvalue weighted by Crippen LogP contribution is -2.48. The number of likely N-dealkylation sites (N-methyl/N-ethyl adjacent to an activating group) is 1. The first kappa shape index (κ1) is 16.0. The summed E-state index contributed by atoms with van der Waals surface area (Å²) in [6.45, 7) is 10.1. The average molecular weight is 288 g/mol. The van der Waals surface area contributed by atoms with E-state index in [2.05, 4.69) is 50.1 Å². The van der Waals surface area contributed by atoms with Crippen LogP contribution in [0.15, 0.2) is 24.3 Å². The van der Waals surface area contributed by atoms with Crippen LogP contribution in [0.25, 0.3) is 0 Å². The zero-order chi connectivity index (χ0) is 15.4. The molecule has 0 unspecified atom stereocenters. The van der Waals surface area contributed by atoms with Gasteiger partial charge in [-0.1, -0.05) is 38.1 Å². The number of carbonyl (C=O) groups excluding carboxylic acids is 1. The minimum absolute atomic E-state index is 0.0403. The number of hydrogen-bond donors (Lipinski definition) is 0. The number of rotatable bonds is 4. The molecular weight excluding hydrogens is 260 g/mol. The second-order valence-electron chi connectivity index (χ2n) is 6.69. The zero-order valence-electron chi connectivity index (χ0n) is 13.8. The number of piperazine rings is 1. The molecule has 1 atom stereocenters. The highest BCUT2D eigenvalue weighted by Gasteiger charge is 2.24. The van der Waals surface area contributed by atoms with Crippen LogP contribution in [0.2, 0.25) is 0 Å². The van der Waals surface area contributed by atoms with Gasteiger partial charge in [0.25, 0.3) is 0 Å². The summed E-state index contributed by atoms with van der Waals surface area (Å²) in [4.78, 5) is 16.9. The molecule has 3 heteroatoms. The summed E-state index contributed by atoms with van der Waals surface area (Å²) in [6.07, 6.45) is 1.10. The molecule has 0 bridgehead atoms. The SMILES string of the molecule is CC(C)Cc1ccc([C@H](C)C(=O)N2CCN(C)CC2)cc1. The van der Waals surface area contributed by atoms with E-state index < -0.39 is 0 Å². The molecule has 21 heavy (non-hydrogen) atoms. The molecule has 116 valence electrons. The van der Waals surface area contributed by atoms with Gasteiger partial charge >= 0.3 is 0 Å². The summed E-state index contributed by atoms with van der Waals surface area (Å²) in [6, 6.07) is 8.58. The van der Waals surface area contributed by atoms with Crippen molar-refractivity contribution < 1.29 is 4.79 Å². The molecule has 3 nitrogen and oxygen atoms in total. The van der Waals surface area contributed by atoms with Crippen LogP contribution >= 0.6 is 0 Å². The van der Waals surface area contributed by atoms with Crippen molar-refractivity contribution in [1.82, 2.24) is 9.80 Å². The smallest absolute Gasteiger partial charge is 0.229 e. The maximum atomic E-state index is 12.6. The predicted octanol–water partition coefficient (Wildman–Crippen LogP) is 2.76. The van der Waals surface area contributed by atoms with Crippen molar-refractivity contribution in [3.63, 3.8) is 0 Å². The Morgan fingerprint density at radius 1 is 1.05 bits per heavy atom. The van der Waals surface area contributed by atoms with Crippen LogP contribution in [0.4, 0.5) is 0 Å². The first-order valence-electron chi connectivity index (χ1n) is 8.03. The van der Waals surface area contributed by atoms with Gasteiger partial charge in [-0.2, -0.15) is 0 Å². The van der Waals surface area contributed by atoms with Crippen molar-refractivity contribution in [2.75, 3.05) is 33.2 Å². The molecule has 0 radical (unpaired) electrons. The third-order valence-corrected chi connectivity index (χ3v) is 4.31. The fourth-order valence-electron chi connectivity index (χ4n) is 2.86. The van der Waals surface area contributed by atoms with Crippen LogP contribution in [-0.4, -0.2) is 48.9 Å². The zero-order valence-corrected chi connectivity index (χ0v) is 13.8. The molecule has 0 N–H and O–H groups in total. The lowest BCUT2D eigenvalue weighted by Gasteiger charge is -2.34. The van der Waals surface area contributed by atoms with Crippen LogP contribution < -0.4 is 0 Å². The van der Waals surface area contributed by atoms with Gasteiger partial charge in [-0.25, -0.2) is 0 Å². The van der Waals surface area contributed by atoms with Crippen molar-refractivity contribution in [2.45, 2.75) is 33.1 Å². The van der Waals surface area contributed by atoms with E-state index in [0.29, 0.717) is 5.92 Å². The molecule has 1 heterocycles. The highest BCUT2D eigenvalue weighted by molar-refractivity contribution is 5.83. The van der Waals surface area contributed by atoms with Gasteiger partial charge in [0.15, 0.2) is 0 Å². The van der Waals surface area contributed by atoms with Gasteiger partial charge in [-0.3, -0.25) is 4.79 Å². The molecule has 2 rings (SSSR count). The molecular formula is C18H28N2O. The second-order valence-corrected chi connectivity index (χ2v) is 6.69. The lowest BCUT2D eigenvalue weighted by molar-refractivity contribution is -0.134. The maximum Gasteiger partial charge on any atom is 0.229 e. The fraction of sp³-hybridized carbons (Fsp3) is 0.611. The number of carbonyl (C=O) groups is 1. The van der Waals surface area contributed by atoms with Crippen molar-refractivity contribution in [3.05, 3.63) is 35.4 Å². The van der Waals surface area contributed by atoms with E-state index in [1.165, 1.54) is 5.56 Å². The molecule has 1 aromatic carbocycles. The van der Waals surface area contributed by atoms with E-state index in [9.17, 15) is 4.79 Å². The quantitative estimate of drug-likeness (QED) is 0.850. The maximum absolute atomic E-state index is 12.6. The Bertz CT molecular complexity index is 459. The number of amides is 1. The highest BCUT2D eigenvalue weighted by Crippen LogP contribution is 2.20. The Morgan fingerprint density at radius 2 is 1.62 bits per heavy atom. The Kier molecular flexibility index (Phi) is 5.40. The third-order valence-electron chi connectivity index (χ3n) is 4.31. The normalized spacial score (nSPS) is 18.0. The summed E-state index contributed by atoms with van der Waals surface area (Å²) in [5.74, 6) is 0.890. The van der Waals surface area contributed by atoms with Gasteiger partial charge < -0.3 is 9.80 Å². The molecule has 1 fully saturated rings. The first-order chi connectivity index (χ1) is 9.97. The molecule has 1 aliphatic rings. The van der Waals surface area contributed by atoms with E-state index in [-0.39, 0.29) is 11.8 Å². The topological polar surface area (TPSA) is 23.6 Å². The van der Waals surface area contributed by atoms with Gasteiger partial charge in [0.05, 0.1) is 5.92 Å². The monoisotopic (exact) mass is 288 g/mol. The van der Waals surface area contributed by atoms with Gasteiger partial charge in [0.2, 0.25) is 5.91 Å². The largest absolute Gasteiger partial charge is 0.340 e. The predicted molar refractivity (Wildman–Crippen MR) is 87.5 cm³/mol. The Balaban J connectivity index is 1.98. The van der Waals surface area contributed by atoms with Crippen LogP contribution in [0, 0.1) is 5.92 Å². The summed E-state index contributed by atoms with van der Waals surface area (Å²) in [7, 11) is 2.11. The summed E-state index contributed by atoms with van der Waals surface area (Å²) < 4.78 is 0. The Morgan fingerprint density at radius 3 is 2.14 bits per heavy atom. The summed E-state index contributed by atoms with van der Waals surface area (Å²) in [5.41, 5.74) is 2.49. The second kappa shape index (κ2) is 7.08. The molecule has 0 saturated carbocycles. The number of benzene rings is 1. The molecule has 1 aliphatic heterocycles. The summed E-state index contributed by atoms with van der Waals surface area (Å²) >= 11 is 0. The Hall–Kier alpha value is -1.35. The van der Waals surface area contributed by atoms with Gasteiger partial charge in [0, 0.05) is 26.2 Å². The van der Waals surface area contributed by atoms with E-state index in [1.807, 2.05) is 11.8 Å². The van der Waals surface area contributed by atoms with E-state index in [0.717, 1.165) is 38.2 Å². The standard InChI is InChI=1S/C18H28N2O/c1-14(2)13-16-5-7-17(8-6-16)15(3)18(21)20-11-9-19(4)10-12-20/h5-8,14-15H,9-13H2,1-4H3/t15-/m0/s1. The summed E-state index contributed by atoms with van der Waals surface area (Å²) in [5, 5.41) is 0. The van der Waals surface area contributed by atoms with Gasteiger partial charge in [-0.05, 0) is 37.4 Å². The van der Waals surface area contributed by atoms with E-state index in [4.69, 9.17) is 0 Å². The van der Waals surface area contributed by atoms with Crippen molar-refractivity contribution in [1.29, 1.82) is 0 Å². The van der Waals surface area contributed by atoms with Crippen LogP contribution in [-0.2, 0) is 11.2 Å². The van der Waals surface area contributed by atoms with Crippen molar-refractivity contribution in [3.8, 4) is 0 Å². The number of hydrogen-bond acceptors (Lipinski definition) is 2. The van der Waals surface area contributed by atoms with Crippen LogP contribution in [0.3, 0.4) is 0 Å². The van der Waals surface area contributed by atoms with Crippen LogP contribution in [0.1, 0.15) is 37.8 Å². The van der Waals surface area contributed by atoms with E-state index in [1.54, 1.807) is 0 Å². The van der Waals surface area contributed by atoms with Crippen molar-refractivity contribution in [2.24, 2.45) is 5.92 Å². The van der Waals surface area contributed by atoms with Crippen molar-refractivity contribution >= 4 is 5.91 Å². The average Bonchev–Trinajstić information content (AvgIpc) is 2.47. The molecule has 1 aromatic rings. The van der Waals surface area contributed by atoms with E-state index >= 15 is 0 Å².